The number of carboxylic acids is 1. The van der Waals surface area contributed by atoms with Gasteiger partial charge < -0.3 is 10.4 Å². The molecule has 7 nitrogen and oxygen atoms in total. The van der Waals surface area contributed by atoms with Crippen LogP contribution in [0.25, 0.3) is 0 Å². The van der Waals surface area contributed by atoms with Gasteiger partial charge >= 0.3 is 5.97 Å². The molecule has 1 fully saturated rings. The Morgan fingerprint density at radius 2 is 2.33 bits per heavy atom. The van der Waals surface area contributed by atoms with Gasteiger partial charge in [-0.2, -0.15) is 0 Å². The van der Waals surface area contributed by atoms with Crippen LogP contribution in [-0.4, -0.2) is 27.5 Å². The van der Waals surface area contributed by atoms with Gasteiger partial charge in [0.05, 0.1) is 10.3 Å². The number of hydrogen-bond donors (Lipinski definition) is 2. The molecule has 0 saturated heterocycles. The summed E-state index contributed by atoms with van der Waals surface area (Å²) in [6.45, 7) is 1.92. The summed E-state index contributed by atoms with van der Waals surface area (Å²) in [5.41, 5.74) is -0.227. The first-order chi connectivity index (χ1) is 8.44. The predicted octanol–water partition coefficient (Wildman–Crippen LogP) is 1.57. The van der Waals surface area contributed by atoms with Crippen LogP contribution in [0.5, 0.6) is 0 Å². The third-order valence-corrected chi connectivity index (χ3v) is 3.19. The molecule has 1 aliphatic rings. The molecule has 1 aromatic rings. The number of pyridine rings is 1. The van der Waals surface area contributed by atoms with Gasteiger partial charge in [-0.15, -0.1) is 0 Å². The first-order valence-corrected chi connectivity index (χ1v) is 5.53. The SMILES string of the molecule is Cc1cc(NCC2(C(=O)O)CC2)ncc1[N+](=O)[O-]. The molecule has 0 bridgehead atoms. The number of aryl methyl sites for hydroxylation is 1. The van der Waals surface area contributed by atoms with Gasteiger partial charge in [-0.1, -0.05) is 0 Å². The zero-order valence-corrected chi connectivity index (χ0v) is 9.84. The third kappa shape index (κ3) is 2.24. The summed E-state index contributed by atoms with van der Waals surface area (Å²) in [6.07, 6.45) is 2.49. The average Bonchev–Trinajstić information content (AvgIpc) is 3.07. The molecule has 0 spiro atoms. The number of rotatable bonds is 5. The first kappa shape index (κ1) is 12.3. The van der Waals surface area contributed by atoms with Crippen LogP contribution in [-0.2, 0) is 4.79 Å². The molecule has 2 rings (SSSR count). The second-order valence-electron chi connectivity index (χ2n) is 4.55. The van der Waals surface area contributed by atoms with Crippen LogP contribution in [0.1, 0.15) is 18.4 Å². The number of nitrogens with zero attached hydrogens (tertiary/aromatic N) is 2. The van der Waals surface area contributed by atoms with Crippen LogP contribution in [0, 0.1) is 22.5 Å². The Hall–Kier alpha value is -2.18. The van der Waals surface area contributed by atoms with Gasteiger partial charge in [0, 0.05) is 12.1 Å². The Labute approximate surface area is 103 Å². The minimum atomic E-state index is -0.811. The van der Waals surface area contributed by atoms with E-state index in [-0.39, 0.29) is 5.69 Å². The number of hydrogen-bond acceptors (Lipinski definition) is 5. The molecule has 18 heavy (non-hydrogen) atoms. The fourth-order valence-corrected chi connectivity index (χ4v) is 1.71. The summed E-state index contributed by atoms with van der Waals surface area (Å²) >= 11 is 0. The minimum Gasteiger partial charge on any atom is -0.481 e. The molecule has 1 heterocycles. The highest BCUT2D eigenvalue weighted by atomic mass is 16.6. The maximum atomic E-state index is 11.0. The lowest BCUT2D eigenvalue weighted by Gasteiger charge is -2.11. The lowest BCUT2D eigenvalue weighted by atomic mass is 10.1. The largest absolute Gasteiger partial charge is 0.481 e. The van der Waals surface area contributed by atoms with Crippen molar-refractivity contribution in [2.24, 2.45) is 5.41 Å². The van der Waals surface area contributed by atoms with Gasteiger partial charge in [0.1, 0.15) is 12.0 Å². The summed E-state index contributed by atoms with van der Waals surface area (Å²) in [4.78, 5) is 25.0. The molecule has 0 unspecified atom stereocenters. The standard InChI is InChI=1S/C11H13N3O4/c1-7-4-9(12-5-8(7)14(17)18)13-6-11(2-3-11)10(15)16/h4-5H,2-3,6H2,1H3,(H,12,13)(H,15,16). The van der Waals surface area contributed by atoms with E-state index in [2.05, 4.69) is 10.3 Å². The molecule has 0 radical (unpaired) electrons. The van der Waals surface area contributed by atoms with Crippen molar-refractivity contribution in [3.8, 4) is 0 Å². The summed E-state index contributed by atoms with van der Waals surface area (Å²) in [7, 11) is 0. The van der Waals surface area contributed by atoms with Crippen LogP contribution in [0.2, 0.25) is 0 Å². The van der Waals surface area contributed by atoms with E-state index in [1.807, 2.05) is 0 Å². The predicted molar refractivity (Wildman–Crippen MR) is 63.4 cm³/mol. The summed E-state index contributed by atoms with van der Waals surface area (Å²) in [5, 5.41) is 22.5. The molecule has 0 amide bonds. The normalized spacial score (nSPS) is 16.1. The van der Waals surface area contributed by atoms with Gasteiger partial charge in [0.2, 0.25) is 0 Å². The van der Waals surface area contributed by atoms with E-state index in [1.54, 1.807) is 13.0 Å². The Kier molecular flexibility index (Phi) is 2.90. The smallest absolute Gasteiger partial charge is 0.311 e. The Bertz CT molecular complexity index is 511. The van der Waals surface area contributed by atoms with E-state index in [9.17, 15) is 14.9 Å². The third-order valence-electron chi connectivity index (χ3n) is 3.19. The quantitative estimate of drug-likeness (QED) is 0.607. The van der Waals surface area contributed by atoms with E-state index in [0.717, 1.165) is 0 Å². The zero-order valence-electron chi connectivity index (χ0n) is 9.84. The lowest BCUT2D eigenvalue weighted by molar-refractivity contribution is -0.385. The van der Waals surface area contributed by atoms with Crippen LogP contribution in [0.3, 0.4) is 0 Å². The topological polar surface area (TPSA) is 105 Å². The molecule has 1 aromatic heterocycles. The Morgan fingerprint density at radius 1 is 1.67 bits per heavy atom. The number of nitrogens with one attached hydrogen (secondary N) is 1. The molecule has 0 aliphatic heterocycles. The number of nitro groups is 1. The van der Waals surface area contributed by atoms with Crippen molar-refractivity contribution in [3.05, 3.63) is 27.9 Å². The maximum absolute atomic E-state index is 11.0. The Morgan fingerprint density at radius 3 is 2.78 bits per heavy atom. The van der Waals surface area contributed by atoms with Gasteiger partial charge in [0.15, 0.2) is 0 Å². The second-order valence-corrected chi connectivity index (χ2v) is 4.55. The van der Waals surface area contributed by atoms with Crippen molar-refractivity contribution in [1.82, 2.24) is 4.98 Å². The molecule has 1 aliphatic carbocycles. The van der Waals surface area contributed by atoms with Crippen LogP contribution in [0.4, 0.5) is 11.5 Å². The monoisotopic (exact) mass is 251 g/mol. The fraction of sp³-hybridized carbons (Fsp3) is 0.455. The Balaban J connectivity index is 2.05. The van der Waals surface area contributed by atoms with Crippen molar-refractivity contribution in [2.75, 3.05) is 11.9 Å². The highest BCUT2D eigenvalue weighted by Gasteiger charge is 2.50. The van der Waals surface area contributed by atoms with Gasteiger partial charge in [0.25, 0.3) is 5.69 Å². The van der Waals surface area contributed by atoms with Crippen LogP contribution in [0.15, 0.2) is 12.3 Å². The number of carbonyl (C=O) groups is 1. The van der Waals surface area contributed by atoms with Gasteiger partial charge in [-0.3, -0.25) is 14.9 Å². The number of carboxylic acid groups (broad SMARTS) is 1. The number of aliphatic carboxylic acids is 1. The minimum absolute atomic E-state index is 0.0417. The molecule has 0 aromatic carbocycles. The molecule has 2 N–H and O–H groups in total. The van der Waals surface area contributed by atoms with Gasteiger partial charge in [-0.05, 0) is 25.8 Å². The number of aromatic nitrogens is 1. The van der Waals surface area contributed by atoms with Crippen molar-refractivity contribution in [1.29, 1.82) is 0 Å². The van der Waals surface area contributed by atoms with Gasteiger partial charge in [-0.25, -0.2) is 4.98 Å². The molecular formula is C11H13N3O4. The van der Waals surface area contributed by atoms with E-state index in [1.165, 1.54) is 6.20 Å². The molecule has 96 valence electrons. The first-order valence-electron chi connectivity index (χ1n) is 5.53. The summed E-state index contributed by atoms with van der Waals surface area (Å²) < 4.78 is 0. The van der Waals surface area contributed by atoms with Crippen molar-refractivity contribution < 1.29 is 14.8 Å². The molecular weight excluding hydrogens is 238 g/mol. The molecule has 1 saturated carbocycles. The highest BCUT2D eigenvalue weighted by molar-refractivity contribution is 5.78. The highest BCUT2D eigenvalue weighted by Crippen LogP contribution is 2.45. The summed E-state index contributed by atoms with van der Waals surface area (Å²) in [6, 6.07) is 1.55. The van der Waals surface area contributed by atoms with Crippen molar-refractivity contribution in [2.45, 2.75) is 19.8 Å². The lowest BCUT2D eigenvalue weighted by Crippen LogP contribution is -2.24. The van der Waals surface area contributed by atoms with Crippen LogP contribution < -0.4 is 5.32 Å². The van der Waals surface area contributed by atoms with Crippen molar-refractivity contribution >= 4 is 17.5 Å². The van der Waals surface area contributed by atoms with E-state index < -0.39 is 16.3 Å². The zero-order chi connectivity index (χ0) is 13.3. The van der Waals surface area contributed by atoms with Crippen LogP contribution >= 0.6 is 0 Å². The van der Waals surface area contributed by atoms with E-state index >= 15 is 0 Å². The fourth-order valence-electron chi connectivity index (χ4n) is 1.71. The number of anilines is 1. The molecule has 0 atom stereocenters. The molecule has 7 heteroatoms. The second kappa shape index (κ2) is 4.25. The maximum Gasteiger partial charge on any atom is 0.311 e. The summed E-state index contributed by atoms with van der Waals surface area (Å²) in [5.74, 6) is -0.348. The van der Waals surface area contributed by atoms with E-state index in [0.29, 0.717) is 30.8 Å². The average molecular weight is 251 g/mol. The van der Waals surface area contributed by atoms with Crippen molar-refractivity contribution in [3.63, 3.8) is 0 Å². The van der Waals surface area contributed by atoms with E-state index in [4.69, 9.17) is 5.11 Å².